The number of amides is 1. The summed E-state index contributed by atoms with van der Waals surface area (Å²) in [5, 5.41) is 11.4. The number of benzene rings is 3. The number of ether oxygens (including phenoxy) is 2. The molecule has 7 nitrogen and oxygen atoms in total. The summed E-state index contributed by atoms with van der Waals surface area (Å²) in [6.07, 6.45) is 0. The van der Waals surface area contributed by atoms with Gasteiger partial charge in [0.25, 0.3) is 11.7 Å². The molecule has 1 unspecified atom stereocenters. The molecule has 0 aromatic heterocycles. The lowest BCUT2D eigenvalue weighted by Crippen LogP contribution is -2.29. The van der Waals surface area contributed by atoms with Crippen molar-refractivity contribution in [2.24, 2.45) is 0 Å². The molecule has 0 saturated carbocycles. The third-order valence-electron chi connectivity index (χ3n) is 6.42. The first kappa shape index (κ1) is 25.7. The molecule has 0 aliphatic carbocycles. The van der Waals surface area contributed by atoms with Crippen LogP contribution in [-0.4, -0.2) is 29.4 Å². The average Bonchev–Trinajstić information content (AvgIpc) is 3.12. The fraction of sp³-hybridized carbons (Fsp3) is 0.233. The maximum Gasteiger partial charge on any atom is 0.308 e. The Morgan fingerprint density at radius 2 is 1.62 bits per heavy atom. The van der Waals surface area contributed by atoms with Gasteiger partial charge in [-0.2, -0.15) is 0 Å². The first-order chi connectivity index (χ1) is 17.6. The molecular weight excluding hydrogens is 470 g/mol. The summed E-state index contributed by atoms with van der Waals surface area (Å²) < 4.78 is 10.7. The van der Waals surface area contributed by atoms with Gasteiger partial charge in [-0.3, -0.25) is 19.3 Å². The third kappa shape index (κ3) is 4.98. The molecule has 0 bridgehead atoms. The van der Waals surface area contributed by atoms with Crippen molar-refractivity contribution in [1.82, 2.24) is 0 Å². The second kappa shape index (κ2) is 10.3. The Labute approximate surface area is 215 Å². The predicted octanol–water partition coefficient (Wildman–Crippen LogP) is 5.56. The number of ketones is 1. The van der Waals surface area contributed by atoms with Gasteiger partial charge in [-0.1, -0.05) is 18.2 Å². The van der Waals surface area contributed by atoms with E-state index in [1.807, 2.05) is 39.8 Å². The highest BCUT2D eigenvalue weighted by molar-refractivity contribution is 6.51. The van der Waals surface area contributed by atoms with Crippen molar-refractivity contribution in [2.45, 2.75) is 40.7 Å². The van der Waals surface area contributed by atoms with E-state index < -0.39 is 23.7 Å². The van der Waals surface area contributed by atoms with E-state index in [9.17, 15) is 19.5 Å². The third-order valence-corrected chi connectivity index (χ3v) is 6.42. The SMILES string of the molecule is CCOc1ccc(/C(O)=C2\C(=O)C(=O)N(c3ccc(C)c(C)c3)C2c2ccc(OC(C)=O)cc2)cc1C. The highest BCUT2D eigenvalue weighted by Gasteiger charge is 2.47. The van der Waals surface area contributed by atoms with E-state index in [0.717, 1.165) is 16.7 Å². The Kier molecular flexibility index (Phi) is 7.16. The van der Waals surface area contributed by atoms with E-state index in [0.29, 0.717) is 34.9 Å². The summed E-state index contributed by atoms with van der Waals surface area (Å²) in [6.45, 7) is 9.43. The summed E-state index contributed by atoms with van der Waals surface area (Å²) in [6, 6.07) is 16.3. The Hall–Kier alpha value is -4.39. The second-order valence-corrected chi connectivity index (χ2v) is 9.01. The zero-order valence-electron chi connectivity index (χ0n) is 21.5. The summed E-state index contributed by atoms with van der Waals surface area (Å²) in [5.74, 6) is -1.24. The van der Waals surface area contributed by atoms with Crippen LogP contribution in [0.25, 0.3) is 5.76 Å². The predicted molar refractivity (Wildman–Crippen MR) is 141 cm³/mol. The van der Waals surface area contributed by atoms with Crippen molar-refractivity contribution in [3.63, 3.8) is 0 Å². The maximum absolute atomic E-state index is 13.4. The van der Waals surface area contributed by atoms with Crippen LogP contribution < -0.4 is 14.4 Å². The van der Waals surface area contributed by atoms with Crippen molar-refractivity contribution in [3.8, 4) is 11.5 Å². The number of Topliss-reactive ketones (excluding diaryl/α,β-unsaturated/α-hetero) is 1. The number of hydrogen-bond donors (Lipinski definition) is 1. The number of carbonyl (C=O) groups excluding carboxylic acids is 3. The Balaban J connectivity index is 1.89. The second-order valence-electron chi connectivity index (χ2n) is 9.01. The summed E-state index contributed by atoms with van der Waals surface area (Å²) in [5.41, 5.74) is 4.31. The number of hydrogen-bond acceptors (Lipinski definition) is 6. The lowest BCUT2D eigenvalue weighted by Gasteiger charge is -2.26. The van der Waals surface area contributed by atoms with Crippen LogP contribution in [0.2, 0.25) is 0 Å². The number of aliphatic hydroxyl groups is 1. The van der Waals surface area contributed by atoms with Gasteiger partial charge in [-0.05, 0) is 92.4 Å². The average molecular weight is 500 g/mol. The fourth-order valence-corrected chi connectivity index (χ4v) is 4.44. The number of aliphatic hydroxyl groups excluding tert-OH is 1. The van der Waals surface area contributed by atoms with E-state index in [2.05, 4.69) is 0 Å². The quantitative estimate of drug-likeness (QED) is 0.157. The molecule has 1 heterocycles. The molecule has 1 atom stereocenters. The molecule has 3 aromatic rings. The minimum absolute atomic E-state index is 0.0213. The minimum atomic E-state index is -0.889. The first-order valence-electron chi connectivity index (χ1n) is 12.0. The van der Waals surface area contributed by atoms with Crippen LogP contribution in [0.4, 0.5) is 5.69 Å². The monoisotopic (exact) mass is 499 g/mol. The van der Waals surface area contributed by atoms with Gasteiger partial charge in [0.2, 0.25) is 0 Å². The molecule has 1 aliphatic rings. The Morgan fingerprint density at radius 3 is 2.22 bits per heavy atom. The van der Waals surface area contributed by atoms with Crippen LogP contribution in [-0.2, 0) is 14.4 Å². The van der Waals surface area contributed by atoms with E-state index in [-0.39, 0.29) is 11.3 Å². The van der Waals surface area contributed by atoms with Gasteiger partial charge >= 0.3 is 5.97 Å². The molecule has 0 radical (unpaired) electrons. The standard InChI is InChI=1S/C30H29NO6/c1-6-36-25-14-10-22(15-19(25)4)28(33)26-27(21-8-12-24(13-9-21)37-20(5)32)31(30(35)29(26)34)23-11-7-17(2)18(3)16-23/h7-16,27,33H,6H2,1-5H3/b28-26+. The first-order valence-corrected chi connectivity index (χ1v) is 12.0. The summed E-state index contributed by atoms with van der Waals surface area (Å²) in [4.78, 5) is 39.6. The highest BCUT2D eigenvalue weighted by Crippen LogP contribution is 2.43. The van der Waals surface area contributed by atoms with E-state index >= 15 is 0 Å². The van der Waals surface area contributed by atoms with E-state index in [4.69, 9.17) is 9.47 Å². The smallest absolute Gasteiger partial charge is 0.308 e. The minimum Gasteiger partial charge on any atom is -0.507 e. The summed E-state index contributed by atoms with van der Waals surface area (Å²) >= 11 is 0. The van der Waals surface area contributed by atoms with Crippen molar-refractivity contribution in [2.75, 3.05) is 11.5 Å². The maximum atomic E-state index is 13.4. The van der Waals surface area contributed by atoms with Crippen LogP contribution in [0.5, 0.6) is 11.5 Å². The highest BCUT2D eigenvalue weighted by atomic mass is 16.5. The lowest BCUT2D eigenvalue weighted by atomic mass is 9.94. The zero-order valence-corrected chi connectivity index (χ0v) is 21.5. The van der Waals surface area contributed by atoms with Gasteiger partial charge in [-0.25, -0.2) is 0 Å². The van der Waals surface area contributed by atoms with Crippen LogP contribution in [0.1, 0.15) is 47.7 Å². The molecule has 0 spiro atoms. The van der Waals surface area contributed by atoms with Crippen molar-refractivity contribution >= 4 is 29.1 Å². The molecular formula is C30H29NO6. The molecule has 190 valence electrons. The van der Waals surface area contributed by atoms with Crippen LogP contribution in [0.15, 0.2) is 66.2 Å². The topological polar surface area (TPSA) is 93.1 Å². The molecule has 7 heteroatoms. The van der Waals surface area contributed by atoms with E-state index in [1.54, 1.807) is 48.5 Å². The van der Waals surface area contributed by atoms with E-state index in [1.165, 1.54) is 11.8 Å². The van der Waals surface area contributed by atoms with Gasteiger partial charge in [0.05, 0.1) is 18.2 Å². The molecule has 3 aromatic carbocycles. The molecule has 1 N–H and O–H groups in total. The number of carbonyl (C=O) groups is 3. The molecule has 1 fully saturated rings. The van der Waals surface area contributed by atoms with Gasteiger partial charge < -0.3 is 14.6 Å². The summed E-state index contributed by atoms with van der Waals surface area (Å²) in [7, 11) is 0. The molecule has 1 aliphatic heterocycles. The number of aryl methyl sites for hydroxylation is 3. The number of esters is 1. The largest absolute Gasteiger partial charge is 0.507 e. The van der Waals surface area contributed by atoms with Gasteiger partial charge in [-0.15, -0.1) is 0 Å². The van der Waals surface area contributed by atoms with Crippen molar-refractivity contribution in [1.29, 1.82) is 0 Å². The number of nitrogens with zero attached hydrogens (tertiary/aromatic N) is 1. The number of anilines is 1. The lowest BCUT2D eigenvalue weighted by molar-refractivity contribution is -0.132. The Bertz CT molecular complexity index is 1420. The molecule has 1 amide bonds. The normalized spacial score (nSPS) is 16.7. The van der Waals surface area contributed by atoms with Crippen molar-refractivity contribution < 1.29 is 29.0 Å². The van der Waals surface area contributed by atoms with Gasteiger partial charge in [0.1, 0.15) is 17.3 Å². The van der Waals surface area contributed by atoms with Crippen molar-refractivity contribution in [3.05, 3.63) is 94.1 Å². The van der Waals surface area contributed by atoms with Gasteiger partial charge in [0.15, 0.2) is 0 Å². The number of rotatable bonds is 6. The van der Waals surface area contributed by atoms with Crippen LogP contribution in [0, 0.1) is 20.8 Å². The molecule has 37 heavy (non-hydrogen) atoms. The van der Waals surface area contributed by atoms with Crippen LogP contribution >= 0.6 is 0 Å². The van der Waals surface area contributed by atoms with Crippen LogP contribution in [0.3, 0.4) is 0 Å². The molecule has 4 rings (SSSR count). The zero-order chi connectivity index (χ0) is 26.9. The van der Waals surface area contributed by atoms with Gasteiger partial charge in [0, 0.05) is 18.2 Å². The molecule has 1 saturated heterocycles. The fourth-order valence-electron chi connectivity index (χ4n) is 4.44. The Morgan fingerprint density at radius 1 is 0.919 bits per heavy atom.